The van der Waals surface area contributed by atoms with Crippen LogP contribution in [0.15, 0.2) is 34.9 Å². The molecule has 2 aromatic rings. The fourth-order valence-electron chi connectivity index (χ4n) is 1.49. The number of ether oxygens (including phenoxy) is 1. The maximum Gasteiger partial charge on any atom is 0.373 e. The van der Waals surface area contributed by atoms with Crippen molar-refractivity contribution in [3.8, 4) is 5.75 Å². The van der Waals surface area contributed by atoms with Crippen LogP contribution in [0.5, 0.6) is 5.75 Å². The first kappa shape index (κ1) is 12.2. The molecule has 5 heteroatoms. The number of hydrogen-bond donors (Lipinski definition) is 1. The molecule has 0 aliphatic carbocycles. The van der Waals surface area contributed by atoms with E-state index in [0.29, 0.717) is 18.9 Å². The first-order valence-electron chi connectivity index (χ1n) is 5.53. The van der Waals surface area contributed by atoms with Gasteiger partial charge in [-0.2, -0.15) is 0 Å². The van der Waals surface area contributed by atoms with Gasteiger partial charge in [0.15, 0.2) is 5.89 Å². The van der Waals surface area contributed by atoms with Crippen molar-refractivity contribution in [2.45, 2.75) is 13.3 Å². The van der Waals surface area contributed by atoms with Gasteiger partial charge in [0.2, 0.25) is 5.76 Å². The summed E-state index contributed by atoms with van der Waals surface area (Å²) in [6.07, 6.45) is 1.63. The SMILES string of the molecule is Cc1ccccc1OCCc1ncc(C(=O)O)o1. The highest BCUT2D eigenvalue weighted by Crippen LogP contribution is 2.16. The van der Waals surface area contributed by atoms with Crippen molar-refractivity contribution in [1.82, 2.24) is 4.98 Å². The van der Waals surface area contributed by atoms with E-state index in [1.165, 1.54) is 6.20 Å². The number of rotatable bonds is 5. The molecular formula is C13H13NO4. The van der Waals surface area contributed by atoms with Crippen molar-refractivity contribution in [3.63, 3.8) is 0 Å². The average molecular weight is 247 g/mol. The van der Waals surface area contributed by atoms with Crippen LogP contribution in [-0.2, 0) is 6.42 Å². The van der Waals surface area contributed by atoms with Crippen LogP contribution in [0.4, 0.5) is 0 Å². The van der Waals surface area contributed by atoms with Crippen molar-refractivity contribution in [2.24, 2.45) is 0 Å². The van der Waals surface area contributed by atoms with Crippen LogP contribution >= 0.6 is 0 Å². The summed E-state index contributed by atoms with van der Waals surface area (Å²) in [6.45, 7) is 2.35. The minimum absolute atomic E-state index is 0.152. The zero-order chi connectivity index (χ0) is 13.0. The molecule has 94 valence electrons. The quantitative estimate of drug-likeness (QED) is 0.877. The monoisotopic (exact) mass is 247 g/mol. The highest BCUT2D eigenvalue weighted by molar-refractivity contribution is 5.83. The van der Waals surface area contributed by atoms with E-state index in [1.807, 2.05) is 31.2 Å². The summed E-state index contributed by atoms with van der Waals surface area (Å²) in [7, 11) is 0. The van der Waals surface area contributed by atoms with Crippen LogP contribution in [0.25, 0.3) is 0 Å². The van der Waals surface area contributed by atoms with Crippen LogP contribution in [0.3, 0.4) is 0 Å². The molecule has 1 heterocycles. The van der Waals surface area contributed by atoms with Crippen LogP contribution in [0.2, 0.25) is 0 Å². The van der Waals surface area contributed by atoms with E-state index in [1.54, 1.807) is 0 Å². The Morgan fingerprint density at radius 3 is 2.89 bits per heavy atom. The molecule has 0 atom stereocenters. The lowest BCUT2D eigenvalue weighted by atomic mass is 10.2. The summed E-state index contributed by atoms with van der Waals surface area (Å²) < 4.78 is 10.6. The Labute approximate surface area is 104 Å². The highest BCUT2D eigenvalue weighted by Gasteiger charge is 2.10. The maximum atomic E-state index is 10.6. The van der Waals surface area contributed by atoms with E-state index in [4.69, 9.17) is 14.3 Å². The Morgan fingerprint density at radius 2 is 2.22 bits per heavy atom. The maximum absolute atomic E-state index is 10.6. The Morgan fingerprint density at radius 1 is 1.44 bits per heavy atom. The minimum atomic E-state index is -1.12. The fourth-order valence-corrected chi connectivity index (χ4v) is 1.49. The second-order valence-electron chi connectivity index (χ2n) is 3.79. The molecule has 0 unspecified atom stereocenters. The van der Waals surface area contributed by atoms with Gasteiger partial charge < -0.3 is 14.3 Å². The summed E-state index contributed by atoms with van der Waals surface area (Å²) in [5.74, 6) is -0.0991. The molecule has 0 aliphatic heterocycles. The van der Waals surface area contributed by atoms with Gasteiger partial charge in [-0.1, -0.05) is 18.2 Å². The molecule has 1 aromatic carbocycles. The summed E-state index contributed by atoms with van der Waals surface area (Å²) in [4.78, 5) is 14.5. The largest absolute Gasteiger partial charge is 0.493 e. The number of carboxylic acids is 1. The Kier molecular flexibility index (Phi) is 3.62. The third-order valence-electron chi connectivity index (χ3n) is 2.43. The van der Waals surface area contributed by atoms with Crippen molar-refractivity contribution in [3.05, 3.63) is 47.7 Å². The number of oxazole rings is 1. The van der Waals surface area contributed by atoms with Gasteiger partial charge in [-0.15, -0.1) is 0 Å². The number of benzene rings is 1. The smallest absolute Gasteiger partial charge is 0.373 e. The van der Waals surface area contributed by atoms with Gasteiger partial charge in [-0.25, -0.2) is 9.78 Å². The molecule has 0 radical (unpaired) electrons. The fraction of sp³-hybridized carbons (Fsp3) is 0.231. The number of carboxylic acid groups (broad SMARTS) is 1. The topological polar surface area (TPSA) is 72.6 Å². The molecule has 0 saturated heterocycles. The third kappa shape index (κ3) is 2.88. The molecule has 1 aromatic heterocycles. The second kappa shape index (κ2) is 5.35. The van der Waals surface area contributed by atoms with Gasteiger partial charge in [0, 0.05) is 0 Å². The van der Waals surface area contributed by atoms with Gasteiger partial charge in [-0.3, -0.25) is 0 Å². The molecule has 5 nitrogen and oxygen atoms in total. The van der Waals surface area contributed by atoms with E-state index in [0.717, 1.165) is 11.3 Å². The molecular weight excluding hydrogens is 234 g/mol. The Bertz CT molecular complexity index is 547. The Hall–Kier alpha value is -2.30. The average Bonchev–Trinajstić information content (AvgIpc) is 2.80. The van der Waals surface area contributed by atoms with Crippen molar-refractivity contribution < 1.29 is 19.1 Å². The van der Waals surface area contributed by atoms with Gasteiger partial charge in [0.05, 0.1) is 19.2 Å². The third-order valence-corrected chi connectivity index (χ3v) is 2.43. The summed E-state index contributed by atoms with van der Waals surface area (Å²) in [6, 6.07) is 7.68. The van der Waals surface area contributed by atoms with Gasteiger partial charge in [-0.05, 0) is 18.6 Å². The van der Waals surface area contributed by atoms with E-state index < -0.39 is 5.97 Å². The van der Waals surface area contributed by atoms with Gasteiger partial charge in [0.1, 0.15) is 5.75 Å². The van der Waals surface area contributed by atoms with Crippen LogP contribution in [-0.4, -0.2) is 22.7 Å². The molecule has 0 spiro atoms. The predicted octanol–water partition coefficient (Wildman–Crippen LogP) is 2.30. The predicted molar refractivity (Wildman–Crippen MR) is 63.8 cm³/mol. The highest BCUT2D eigenvalue weighted by atomic mass is 16.5. The van der Waals surface area contributed by atoms with E-state index in [9.17, 15) is 4.79 Å². The lowest BCUT2D eigenvalue weighted by Gasteiger charge is -2.06. The van der Waals surface area contributed by atoms with Gasteiger partial charge >= 0.3 is 5.97 Å². The van der Waals surface area contributed by atoms with Crippen molar-refractivity contribution in [2.75, 3.05) is 6.61 Å². The molecule has 0 amide bonds. The number of hydrogen-bond acceptors (Lipinski definition) is 4. The molecule has 0 aliphatic rings. The number of para-hydroxylation sites is 1. The van der Waals surface area contributed by atoms with Crippen LogP contribution in [0.1, 0.15) is 22.0 Å². The lowest BCUT2D eigenvalue weighted by molar-refractivity contribution is 0.0660. The summed E-state index contributed by atoms with van der Waals surface area (Å²) in [5.41, 5.74) is 1.05. The van der Waals surface area contributed by atoms with Crippen LogP contribution in [0, 0.1) is 6.92 Å². The van der Waals surface area contributed by atoms with E-state index in [2.05, 4.69) is 4.98 Å². The van der Waals surface area contributed by atoms with Crippen LogP contribution < -0.4 is 4.74 Å². The first-order chi connectivity index (χ1) is 8.66. The van der Waals surface area contributed by atoms with Crippen molar-refractivity contribution >= 4 is 5.97 Å². The van der Waals surface area contributed by atoms with E-state index in [-0.39, 0.29) is 5.76 Å². The van der Waals surface area contributed by atoms with Gasteiger partial charge in [0.25, 0.3) is 0 Å². The zero-order valence-electron chi connectivity index (χ0n) is 9.92. The molecule has 1 N–H and O–H groups in total. The molecule has 0 bridgehead atoms. The normalized spacial score (nSPS) is 10.3. The lowest BCUT2D eigenvalue weighted by Crippen LogP contribution is -2.02. The number of carbonyl (C=O) groups is 1. The number of aromatic nitrogens is 1. The number of aryl methyl sites for hydroxylation is 1. The number of nitrogens with zero attached hydrogens (tertiary/aromatic N) is 1. The number of aromatic carboxylic acids is 1. The molecule has 0 fully saturated rings. The molecule has 0 saturated carbocycles. The summed E-state index contributed by atoms with van der Waals surface area (Å²) in [5, 5.41) is 8.67. The second-order valence-corrected chi connectivity index (χ2v) is 3.79. The van der Waals surface area contributed by atoms with Crippen molar-refractivity contribution in [1.29, 1.82) is 0 Å². The molecule has 2 rings (SSSR count). The Balaban J connectivity index is 1.88. The van der Waals surface area contributed by atoms with E-state index >= 15 is 0 Å². The zero-order valence-corrected chi connectivity index (χ0v) is 9.92. The minimum Gasteiger partial charge on any atom is -0.493 e. The first-order valence-corrected chi connectivity index (χ1v) is 5.53. The summed E-state index contributed by atoms with van der Waals surface area (Å²) >= 11 is 0. The standard InChI is InChI=1S/C13H13NO4/c1-9-4-2-3-5-10(9)17-7-6-12-14-8-11(18-12)13(15)16/h2-5,8H,6-7H2,1H3,(H,15,16). The molecule has 18 heavy (non-hydrogen) atoms.